The minimum absolute atomic E-state index is 0.0975. The van der Waals surface area contributed by atoms with Gasteiger partial charge in [0.2, 0.25) is 5.13 Å². The summed E-state index contributed by atoms with van der Waals surface area (Å²) in [5.74, 6) is 0.343. The van der Waals surface area contributed by atoms with E-state index in [4.69, 9.17) is 4.74 Å². The first-order chi connectivity index (χ1) is 8.74. The van der Waals surface area contributed by atoms with E-state index in [9.17, 15) is 4.79 Å². The second kappa shape index (κ2) is 6.24. The lowest BCUT2D eigenvalue weighted by atomic mass is 10.1. The minimum Gasteiger partial charge on any atom is -0.368 e. The van der Waals surface area contributed by atoms with Crippen LogP contribution in [0, 0.1) is 0 Å². The lowest BCUT2D eigenvalue weighted by molar-refractivity contribution is -0.124. The number of carbonyl (C=O) groups is 1. The van der Waals surface area contributed by atoms with Crippen LogP contribution in [0.5, 0.6) is 0 Å². The summed E-state index contributed by atoms with van der Waals surface area (Å²) in [4.78, 5) is 11.8. The van der Waals surface area contributed by atoms with E-state index < -0.39 is 0 Å². The highest BCUT2D eigenvalue weighted by Crippen LogP contribution is 2.28. The maximum Gasteiger partial charge on any atom is 0.255 e. The normalized spacial score (nSPS) is 19.4. The molecule has 2 rings (SSSR count). The molecular formula is C12H19N3O2S. The van der Waals surface area contributed by atoms with Crippen molar-refractivity contribution >= 4 is 22.4 Å². The van der Waals surface area contributed by atoms with Crippen molar-refractivity contribution in [2.24, 2.45) is 0 Å². The molecule has 0 radical (unpaired) electrons. The number of ether oxygens (including phenoxy) is 1. The number of anilines is 1. The number of nitrogens with one attached hydrogen (secondary N) is 1. The number of aromatic nitrogens is 2. The molecule has 1 N–H and O–H groups in total. The molecule has 0 aromatic carbocycles. The van der Waals surface area contributed by atoms with Gasteiger partial charge in [-0.2, -0.15) is 0 Å². The Morgan fingerprint density at radius 1 is 1.50 bits per heavy atom. The summed E-state index contributed by atoms with van der Waals surface area (Å²) < 4.78 is 5.33. The van der Waals surface area contributed by atoms with Crippen molar-refractivity contribution in [1.82, 2.24) is 10.2 Å². The summed E-state index contributed by atoms with van der Waals surface area (Å²) in [6.07, 6.45) is 3.53. The zero-order chi connectivity index (χ0) is 13.0. The van der Waals surface area contributed by atoms with Gasteiger partial charge < -0.3 is 4.74 Å². The van der Waals surface area contributed by atoms with Crippen LogP contribution in [-0.2, 0) is 9.53 Å². The Bertz CT molecular complexity index is 398. The van der Waals surface area contributed by atoms with Gasteiger partial charge in [0.15, 0.2) is 0 Å². The van der Waals surface area contributed by atoms with Gasteiger partial charge in [0.25, 0.3) is 5.91 Å². The molecule has 0 bridgehead atoms. The molecule has 1 fully saturated rings. The predicted octanol–water partition coefficient (Wildman–Crippen LogP) is 2.56. The van der Waals surface area contributed by atoms with Crippen LogP contribution in [0.25, 0.3) is 0 Å². The van der Waals surface area contributed by atoms with Crippen LogP contribution >= 0.6 is 11.3 Å². The number of hydrogen-bond donors (Lipinski definition) is 1. The van der Waals surface area contributed by atoms with Crippen molar-refractivity contribution in [3.63, 3.8) is 0 Å². The van der Waals surface area contributed by atoms with E-state index >= 15 is 0 Å². The molecule has 100 valence electrons. The van der Waals surface area contributed by atoms with E-state index in [1.807, 2.05) is 0 Å². The number of nitrogens with zero attached hydrogens (tertiary/aromatic N) is 2. The SMILES string of the molecule is CCC(CC)c1nnc(NC(=O)[C@@H]2CCCO2)s1. The molecule has 1 atom stereocenters. The first-order valence-electron chi connectivity index (χ1n) is 6.50. The molecule has 1 aromatic heterocycles. The molecule has 1 saturated heterocycles. The van der Waals surface area contributed by atoms with Crippen LogP contribution < -0.4 is 5.32 Å². The molecule has 5 nitrogen and oxygen atoms in total. The number of amides is 1. The minimum atomic E-state index is -0.314. The smallest absolute Gasteiger partial charge is 0.255 e. The molecular weight excluding hydrogens is 250 g/mol. The summed E-state index contributed by atoms with van der Waals surface area (Å²) >= 11 is 1.47. The molecule has 2 heterocycles. The maximum absolute atomic E-state index is 11.8. The van der Waals surface area contributed by atoms with Gasteiger partial charge in [0.1, 0.15) is 11.1 Å². The lowest BCUT2D eigenvalue weighted by Crippen LogP contribution is -2.26. The van der Waals surface area contributed by atoms with Gasteiger partial charge in [-0.1, -0.05) is 25.2 Å². The van der Waals surface area contributed by atoms with Gasteiger partial charge in [-0.15, -0.1) is 10.2 Å². The van der Waals surface area contributed by atoms with E-state index in [-0.39, 0.29) is 12.0 Å². The highest BCUT2D eigenvalue weighted by molar-refractivity contribution is 7.15. The highest BCUT2D eigenvalue weighted by Gasteiger charge is 2.24. The van der Waals surface area contributed by atoms with Gasteiger partial charge in [-0.3, -0.25) is 10.1 Å². The Morgan fingerprint density at radius 2 is 2.28 bits per heavy atom. The van der Waals surface area contributed by atoms with Crippen molar-refractivity contribution in [1.29, 1.82) is 0 Å². The standard InChI is InChI=1S/C12H19N3O2S/c1-3-8(4-2)11-14-15-12(18-11)13-10(16)9-6-5-7-17-9/h8-9H,3-7H2,1-2H3,(H,13,15,16)/t9-/m0/s1. The molecule has 0 saturated carbocycles. The molecule has 0 spiro atoms. The van der Waals surface area contributed by atoms with Gasteiger partial charge in [-0.25, -0.2) is 0 Å². The maximum atomic E-state index is 11.8. The fourth-order valence-electron chi connectivity index (χ4n) is 2.06. The largest absolute Gasteiger partial charge is 0.368 e. The zero-order valence-corrected chi connectivity index (χ0v) is 11.6. The predicted molar refractivity (Wildman–Crippen MR) is 70.8 cm³/mol. The van der Waals surface area contributed by atoms with E-state index in [0.29, 0.717) is 17.7 Å². The molecule has 18 heavy (non-hydrogen) atoms. The van der Waals surface area contributed by atoms with Gasteiger partial charge in [-0.05, 0) is 25.7 Å². The molecule has 0 aliphatic carbocycles. The summed E-state index contributed by atoms with van der Waals surface area (Å²) in [6, 6.07) is 0. The monoisotopic (exact) mass is 269 g/mol. The summed E-state index contributed by atoms with van der Waals surface area (Å²) in [6.45, 7) is 4.95. The summed E-state index contributed by atoms with van der Waals surface area (Å²) in [5.41, 5.74) is 0. The third-order valence-corrected chi connectivity index (χ3v) is 4.23. The van der Waals surface area contributed by atoms with E-state index in [0.717, 1.165) is 30.7 Å². The van der Waals surface area contributed by atoms with Gasteiger partial charge >= 0.3 is 0 Å². The zero-order valence-electron chi connectivity index (χ0n) is 10.8. The fourth-order valence-corrected chi connectivity index (χ4v) is 3.07. The molecule has 6 heteroatoms. The highest BCUT2D eigenvalue weighted by atomic mass is 32.1. The van der Waals surface area contributed by atoms with Crippen LogP contribution in [-0.4, -0.2) is 28.8 Å². The van der Waals surface area contributed by atoms with Crippen LogP contribution in [0.1, 0.15) is 50.5 Å². The molecule has 1 aliphatic heterocycles. The average Bonchev–Trinajstić information content (AvgIpc) is 3.01. The Balaban J connectivity index is 1.95. The van der Waals surface area contributed by atoms with Crippen LogP contribution in [0.4, 0.5) is 5.13 Å². The van der Waals surface area contributed by atoms with Crippen molar-refractivity contribution < 1.29 is 9.53 Å². The summed E-state index contributed by atoms with van der Waals surface area (Å²) in [7, 11) is 0. The van der Waals surface area contributed by atoms with Crippen molar-refractivity contribution in [2.75, 3.05) is 11.9 Å². The Hall–Kier alpha value is -1.01. The molecule has 1 aliphatic rings. The van der Waals surface area contributed by atoms with E-state index in [1.165, 1.54) is 11.3 Å². The molecule has 1 amide bonds. The van der Waals surface area contributed by atoms with Crippen molar-refractivity contribution in [2.45, 2.75) is 51.6 Å². The Labute approximate surface area is 111 Å². The van der Waals surface area contributed by atoms with E-state index in [2.05, 4.69) is 29.4 Å². The summed E-state index contributed by atoms with van der Waals surface area (Å²) in [5, 5.41) is 12.5. The van der Waals surface area contributed by atoms with Crippen LogP contribution in [0.3, 0.4) is 0 Å². The third kappa shape index (κ3) is 3.05. The fraction of sp³-hybridized carbons (Fsp3) is 0.750. The van der Waals surface area contributed by atoms with E-state index in [1.54, 1.807) is 0 Å². The quantitative estimate of drug-likeness (QED) is 0.892. The average molecular weight is 269 g/mol. The lowest BCUT2D eigenvalue weighted by Gasteiger charge is -2.07. The first kappa shape index (κ1) is 13.4. The second-order valence-electron chi connectivity index (χ2n) is 4.45. The number of rotatable bonds is 5. The number of hydrogen-bond acceptors (Lipinski definition) is 5. The van der Waals surface area contributed by atoms with Crippen molar-refractivity contribution in [3.8, 4) is 0 Å². The Kier molecular flexibility index (Phi) is 4.66. The van der Waals surface area contributed by atoms with Gasteiger partial charge in [0.05, 0.1) is 0 Å². The molecule has 1 aromatic rings. The first-order valence-corrected chi connectivity index (χ1v) is 7.32. The van der Waals surface area contributed by atoms with Crippen molar-refractivity contribution in [3.05, 3.63) is 5.01 Å². The van der Waals surface area contributed by atoms with Crippen LogP contribution in [0.15, 0.2) is 0 Å². The van der Waals surface area contributed by atoms with Gasteiger partial charge in [0, 0.05) is 12.5 Å². The third-order valence-electron chi connectivity index (χ3n) is 3.23. The molecule has 0 unspecified atom stereocenters. The Morgan fingerprint density at radius 3 is 2.89 bits per heavy atom. The second-order valence-corrected chi connectivity index (χ2v) is 5.46. The number of carbonyl (C=O) groups excluding carboxylic acids is 1. The van der Waals surface area contributed by atoms with Crippen LogP contribution in [0.2, 0.25) is 0 Å². The topological polar surface area (TPSA) is 64.1 Å².